The molecule has 0 aliphatic heterocycles. The van der Waals surface area contributed by atoms with E-state index in [0.717, 1.165) is 32.1 Å². The maximum absolute atomic E-state index is 12.4. The summed E-state index contributed by atoms with van der Waals surface area (Å²) in [4.78, 5) is 22.7. The van der Waals surface area contributed by atoms with E-state index in [1.807, 2.05) is 34.6 Å². The molecule has 120 valence electrons. The number of esters is 1. The number of carbonyl (C=O) groups is 1. The Balaban J connectivity index is 4.52. The predicted octanol–water partition coefficient (Wildman–Crippen LogP) is 4.62. The van der Waals surface area contributed by atoms with Crippen LogP contribution < -0.4 is 0 Å². The highest BCUT2D eigenvalue weighted by Gasteiger charge is 2.37. The zero-order valence-electron chi connectivity index (χ0n) is 14.2. The predicted molar refractivity (Wildman–Crippen MR) is 80.0 cm³/mol. The van der Waals surface area contributed by atoms with E-state index in [0.29, 0.717) is 0 Å². The molecule has 0 saturated heterocycles. The number of hydrogen-bond acceptors (Lipinski definition) is 4. The molecule has 0 radical (unpaired) electrons. The molecule has 0 N–H and O–H groups in total. The molecule has 0 saturated carbocycles. The highest BCUT2D eigenvalue weighted by molar-refractivity contribution is 5.76. The van der Waals surface area contributed by atoms with Gasteiger partial charge in [-0.1, -0.05) is 33.6 Å². The molecule has 4 nitrogen and oxygen atoms in total. The highest BCUT2D eigenvalue weighted by atomic mass is 17.2. The molecule has 0 bridgehead atoms. The quantitative estimate of drug-likeness (QED) is 0.269. The van der Waals surface area contributed by atoms with Crippen LogP contribution in [-0.4, -0.2) is 17.9 Å². The Bertz CT molecular complexity index is 277. The van der Waals surface area contributed by atoms with Gasteiger partial charge in [0.25, 0.3) is 0 Å². The van der Waals surface area contributed by atoms with Gasteiger partial charge in [-0.05, 0) is 40.0 Å². The topological polar surface area (TPSA) is 44.8 Å². The number of unbranched alkanes of at least 4 members (excludes halogenated alkanes) is 1. The molecule has 0 aromatic rings. The van der Waals surface area contributed by atoms with Gasteiger partial charge in [-0.3, -0.25) is 4.79 Å². The van der Waals surface area contributed by atoms with Gasteiger partial charge in [-0.25, -0.2) is 4.89 Å². The van der Waals surface area contributed by atoms with E-state index in [4.69, 9.17) is 14.5 Å². The molecule has 1 atom stereocenters. The van der Waals surface area contributed by atoms with E-state index in [1.165, 1.54) is 0 Å². The van der Waals surface area contributed by atoms with Crippen LogP contribution in [0.4, 0.5) is 0 Å². The monoisotopic (exact) mass is 288 g/mol. The lowest BCUT2D eigenvalue weighted by atomic mass is 9.78. The van der Waals surface area contributed by atoms with Gasteiger partial charge in [0.2, 0.25) is 6.29 Å². The summed E-state index contributed by atoms with van der Waals surface area (Å²) in [7, 11) is 0. The summed E-state index contributed by atoms with van der Waals surface area (Å²) in [6.45, 7) is 13.5. The molecular formula is C16H32O4. The lowest BCUT2D eigenvalue weighted by Gasteiger charge is -2.30. The summed E-state index contributed by atoms with van der Waals surface area (Å²) in [5, 5.41) is 0. The molecule has 0 rings (SSSR count). The van der Waals surface area contributed by atoms with Crippen molar-refractivity contribution in [2.75, 3.05) is 0 Å². The van der Waals surface area contributed by atoms with Crippen LogP contribution in [0.3, 0.4) is 0 Å². The molecular weight excluding hydrogens is 256 g/mol. The third-order valence-corrected chi connectivity index (χ3v) is 3.50. The van der Waals surface area contributed by atoms with Crippen molar-refractivity contribution < 1.29 is 19.3 Å². The molecule has 0 aromatic carbocycles. The van der Waals surface area contributed by atoms with Gasteiger partial charge in [-0.15, -0.1) is 0 Å². The summed E-state index contributed by atoms with van der Waals surface area (Å²) < 4.78 is 5.40. The average Bonchev–Trinajstić information content (AvgIpc) is 2.37. The maximum atomic E-state index is 12.4. The first-order valence-electron chi connectivity index (χ1n) is 7.76. The Hall–Kier alpha value is -0.610. The molecule has 0 aromatic heterocycles. The van der Waals surface area contributed by atoms with Crippen molar-refractivity contribution in [3.8, 4) is 0 Å². The van der Waals surface area contributed by atoms with Gasteiger partial charge in [0.15, 0.2) is 0 Å². The molecule has 0 aliphatic carbocycles. The van der Waals surface area contributed by atoms with Crippen LogP contribution in [0.2, 0.25) is 0 Å². The molecule has 1 unspecified atom stereocenters. The van der Waals surface area contributed by atoms with Crippen molar-refractivity contribution >= 4 is 5.97 Å². The fourth-order valence-electron chi connectivity index (χ4n) is 2.02. The van der Waals surface area contributed by atoms with Gasteiger partial charge in [-0.2, -0.15) is 4.89 Å². The van der Waals surface area contributed by atoms with E-state index in [-0.39, 0.29) is 5.97 Å². The molecule has 0 heterocycles. The van der Waals surface area contributed by atoms with Gasteiger partial charge < -0.3 is 4.74 Å². The second-order valence-electron chi connectivity index (χ2n) is 6.36. The Kier molecular flexibility index (Phi) is 8.36. The van der Waals surface area contributed by atoms with Crippen molar-refractivity contribution in [2.24, 2.45) is 5.41 Å². The number of ether oxygens (including phenoxy) is 1. The summed E-state index contributed by atoms with van der Waals surface area (Å²) in [5.41, 5.74) is -0.815. The second-order valence-corrected chi connectivity index (χ2v) is 6.36. The van der Waals surface area contributed by atoms with Crippen LogP contribution in [0.1, 0.15) is 80.6 Å². The first-order valence-corrected chi connectivity index (χ1v) is 7.76. The van der Waals surface area contributed by atoms with Gasteiger partial charge >= 0.3 is 5.97 Å². The van der Waals surface area contributed by atoms with Crippen molar-refractivity contribution in [3.63, 3.8) is 0 Å². The summed E-state index contributed by atoms with van der Waals surface area (Å²) in [6.07, 6.45) is 3.85. The van der Waals surface area contributed by atoms with E-state index < -0.39 is 17.3 Å². The van der Waals surface area contributed by atoms with Crippen molar-refractivity contribution in [1.29, 1.82) is 0 Å². The van der Waals surface area contributed by atoms with E-state index >= 15 is 0 Å². The van der Waals surface area contributed by atoms with Gasteiger partial charge in [0.1, 0.15) is 0 Å². The lowest BCUT2D eigenvalue weighted by Crippen LogP contribution is -2.35. The van der Waals surface area contributed by atoms with E-state index in [9.17, 15) is 4.79 Å². The van der Waals surface area contributed by atoms with Crippen LogP contribution in [0.15, 0.2) is 0 Å². The fraction of sp³-hybridized carbons (Fsp3) is 0.938. The first-order chi connectivity index (χ1) is 9.20. The van der Waals surface area contributed by atoms with Crippen LogP contribution >= 0.6 is 0 Å². The average molecular weight is 288 g/mol. The van der Waals surface area contributed by atoms with Crippen LogP contribution in [0.25, 0.3) is 0 Å². The SMILES string of the molecule is CCCCC(CC)(CC)C(=O)OC(C)OOC(C)(C)C. The highest BCUT2D eigenvalue weighted by Crippen LogP contribution is 2.34. The van der Waals surface area contributed by atoms with E-state index in [2.05, 4.69) is 6.92 Å². The third-order valence-electron chi connectivity index (χ3n) is 3.50. The Morgan fingerprint density at radius 3 is 2.05 bits per heavy atom. The molecule has 0 amide bonds. The van der Waals surface area contributed by atoms with Gasteiger partial charge in [0, 0.05) is 6.92 Å². The normalized spacial score (nSPS) is 14.2. The number of carbonyl (C=O) groups excluding carboxylic acids is 1. The van der Waals surface area contributed by atoms with Crippen LogP contribution in [0, 0.1) is 5.41 Å². The number of rotatable bonds is 9. The maximum Gasteiger partial charge on any atom is 0.314 e. The zero-order chi connectivity index (χ0) is 15.8. The standard InChI is InChI=1S/C16H32O4/c1-8-11-12-16(9-2,10-3)14(17)18-13(4)19-20-15(5,6)7/h13H,8-12H2,1-7H3. The molecule has 20 heavy (non-hydrogen) atoms. The molecule has 0 fully saturated rings. The van der Waals surface area contributed by atoms with Crippen molar-refractivity contribution in [3.05, 3.63) is 0 Å². The minimum atomic E-state index is -0.694. The zero-order valence-corrected chi connectivity index (χ0v) is 14.2. The van der Waals surface area contributed by atoms with Gasteiger partial charge in [0.05, 0.1) is 11.0 Å². The fourth-order valence-corrected chi connectivity index (χ4v) is 2.02. The largest absolute Gasteiger partial charge is 0.433 e. The van der Waals surface area contributed by atoms with Crippen LogP contribution in [-0.2, 0) is 19.3 Å². The minimum Gasteiger partial charge on any atom is -0.433 e. The van der Waals surface area contributed by atoms with E-state index in [1.54, 1.807) is 6.92 Å². The molecule has 0 aliphatic rings. The van der Waals surface area contributed by atoms with Crippen molar-refractivity contribution in [1.82, 2.24) is 0 Å². The van der Waals surface area contributed by atoms with Crippen LogP contribution in [0.5, 0.6) is 0 Å². The third kappa shape index (κ3) is 6.71. The Morgan fingerprint density at radius 2 is 1.65 bits per heavy atom. The first kappa shape index (κ1) is 19.4. The lowest BCUT2D eigenvalue weighted by molar-refractivity contribution is -0.406. The summed E-state index contributed by atoms with van der Waals surface area (Å²) in [6, 6.07) is 0. The summed E-state index contributed by atoms with van der Waals surface area (Å²) in [5.74, 6) is -0.180. The van der Waals surface area contributed by atoms with Crippen molar-refractivity contribution in [2.45, 2.75) is 92.5 Å². The smallest absolute Gasteiger partial charge is 0.314 e. The molecule has 0 spiro atoms. The summed E-state index contributed by atoms with van der Waals surface area (Å²) >= 11 is 0. The minimum absolute atomic E-state index is 0.180. The Morgan fingerprint density at radius 1 is 1.10 bits per heavy atom. The number of hydrogen-bond donors (Lipinski definition) is 0. The Labute approximate surface area is 124 Å². The molecule has 4 heteroatoms. The second kappa shape index (κ2) is 8.63.